The monoisotopic (exact) mass is 292 g/mol. The molecule has 0 saturated heterocycles. The molecule has 1 fully saturated rings. The van der Waals surface area contributed by atoms with Crippen molar-refractivity contribution in [2.24, 2.45) is 11.7 Å². The molecule has 0 radical (unpaired) electrons. The van der Waals surface area contributed by atoms with Crippen LogP contribution in [0.5, 0.6) is 0 Å². The fourth-order valence-electron chi connectivity index (χ4n) is 3.63. The lowest BCUT2D eigenvalue weighted by atomic mass is 9.83. The molecule has 1 amide bonds. The summed E-state index contributed by atoms with van der Waals surface area (Å²) in [7, 11) is 0. The number of imidazole rings is 1. The lowest BCUT2D eigenvalue weighted by molar-refractivity contribution is -0.126. The maximum absolute atomic E-state index is 12.1. The number of amides is 1. The zero-order valence-corrected chi connectivity index (χ0v) is 13.6. The van der Waals surface area contributed by atoms with Gasteiger partial charge in [0.15, 0.2) is 0 Å². The van der Waals surface area contributed by atoms with Gasteiger partial charge in [0.05, 0.1) is 12.0 Å². The number of hydrogen-bond acceptors (Lipinski definition) is 3. The third-order valence-electron chi connectivity index (χ3n) is 4.87. The molecule has 1 aliphatic carbocycles. The van der Waals surface area contributed by atoms with Gasteiger partial charge in [-0.05, 0) is 52.9 Å². The van der Waals surface area contributed by atoms with E-state index < -0.39 is 5.54 Å². The molecule has 0 aromatic carbocycles. The van der Waals surface area contributed by atoms with Crippen molar-refractivity contribution in [3.63, 3.8) is 0 Å². The van der Waals surface area contributed by atoms with Gasteiger partial charge in [0, 0.05) is 18.3 Å². The van der Waals surface area contributed by atoms with Crippen LogP contribution in [0.2, 0.25) is 0 Å². The molecule has 2 unspecified atom stereocenters. The molecule has 3 N–H and O–H groups in total. The Labute approximate surface area is 127 Å². The summed E-state index contributed by atoms with van der Waals surface area (Å²) < 4.78 is 2.18. The van der Waals surface area contributed by atoms with Gasteiger partial charge in [0.25, 0.3) is 0 Å². The van der Waals surface area contributed by atoms with E-state index >= 15 is 0 Å². The SMILES string of the molecule is Cc1ncn(CCC2CCCC2(NC(C)C)C(N)=O)c1C. The van der Waals surface area contributed by atoms with Gasteiger partial charge in [-0.2, -0.15) is 0 Å². The molecule has 0 aliphatic heterocycles. The topological polar surface area (TPSA) is 72.9 Å². The Hall–Kier alpha value is -1.36. The zero-order chi connectivity index (χ0) is 15.6. The first kappa shape index (κ1) is 16.0. The molecule has 2 atom stereocenters. The van der Waals surface area contributed by atoms with Crippen molar-refractivity contribution in [3.05, 3.63) is 17.7 Å². The van der Waals surface area contributed by atoms with Crippen molar-refractivity contribution in [1.82, 2.24) is 14.9 Å². The summed E-state index contributed by atoms with van der Waals surface area (Å²) in [6, 6.07) is 0.260. The first-order valence-corrected chi connectivity index (χ1v) is 7.92. The minimum Gasteiger partial charge on any atom is -0.368 e. The standard InChI is InChI=1S/C16H28N4O/c1-11(2)19-16(15(17)21)8-5-6-14(16)7-9-20-10-18-12(3)13(20)4/h10-11,14,19H,5-9H2,1-4H3,(H2,17,21). The lowest BCUT2D eigenvalue weighted by Gasteiger charge is -2.35. The summed E-state index contributed by atoms with van der Waals surface area (Å²) in [5.74, 6) is 0.108. The van der Waals surface area contributed by atoms with Crippen molar-refractivity contribution in [1.29, 1.82) is 0 Å². The van der Waals surface area contributed by atoms with E-state index in [9.17, 15) is 4.79 Å². The molecule has 2 rings (SSSR count). The van der Waals surface area contributed by atoms with E-state index in [1.165, 1.54) is 5.69 Å². The summed E-state index contributed by atoms with van der Waals surface area (Å²) in [6.07, 6.45) is 5.83. The highest BCUT2D eigenvalue weighted by molar-refractivity contribution is 5.85. The normalized spacial score (nSPS) is 25.7. The van der Waals surface area contributed by atoms with Gasteiger partial charge in [-0.25, -0.2) is 4.98 Å². The third kappa shape index (κ3) is 3.12. The van der Waals surface area contributed by atoms with E-state index in [1.807, 2.05) is 13.3 Å². The quantitative estimate of drug-likeness (QED) is 0.841. The summed E-state index contributed by atoms with van der Waals surface area (Å²) >= 11 is 0. The van der Waals surface area contributed by atoms with Crippen LogP contribution in [0.15, 0.2) is 6.33 Å². The van der Waals surface area contributed by atoms with Gasteiger partial charge >= 0.3 is 0 Å². The Morgan fingerprint density at radius 3 is 2.81 bits per heavy atom. The largest absolute Gasteiger partial charge is 0.368 e. The number of nitrogens with two attached hydrogens (primary N) is 1. The van der Waals surface area contributed by atoms with Gasteiger partial charge in [-0.1, -0.05) is 6.42 Å². The second-order valence-corrected chi connectivity index (χ2v) is 6.62. The van der Waals surface area contributed by atoms with Crippen LogP contribution >= 0.6 is 0 Å². The molecule has 1 aromatic heterocycles. The predicted octanol–water partition coefficient (Wildman–Crippen LogP) is 1.91. The highest BCUT2D eigenvalue weighted by Crippen LogP contribution is 2.38. The van der Waals surface area contributed by atoms with Gasteiger partial charge in [0.2, 0.25) is 5.91 Å². The number of rotatable bonds is 6. The van der Waals surface area contributed by atoms with Gasteiger partial charge < -0.3 is 15.6 Å². The first-order chi connectivity index (χ1) is 9.86. The van der Waals surface area contributed by atoms with E-state index in [0.29, 0.717) is 5.92 Å². The van der Waals surface area contributed by atoms with Gasteiger partial charge in [-0.3, -0.25) is 4.79 Å². The maximum atomic E-state index is 12.1. The predicted molar refractivity (Wildman–Crippen MR) is 83.9 cm³/mol. The Balaban J connectivity index is 2.10. The van der Waals surface area contributed by atoms with Crippen LogP contribution < -0.4 is 11.1 Å². The van der Waals surface area contributed by atoms with Crippen LogP contribution in [-0.2, 0) is 11.3 Å². The van der Waals surface area contributed by atoms with E-state index in [-0.39, 0.29) is 11.9 Å². The molecule has 5 nitrogen and oxygen atoms in total. The van der Waals surface area contributed by atoms with Crippen molar-refractivity contribution >= 4 is 5.91 Å². The Morgan fingerprint density at radius 2 is 2.29 bits per heavy atom. The van der Waals surface area contributed by atoms with Crippen molar-refractivity contribution in [3.8, 4) is 0 Å². The van der Waals surface area contributed by atoms with E-state index in [1.54, 1.807) is 0 Å². The Morgan fingerprint density at radius 1 is 1.57 bits per heavy atom. The number of hydrogen-bond donors (Lipinski definition) is 2. The summed E-state index contributed by atoms with van der Waals surface area (Å²) in [6.45, 7) is 9.15. The highest BCUT2D eigenvalue weighted by Gasteiger charge is 2.47. The molecule has 0 spiro atoms. The minimum absolute atomic E-state index is 0.197. The first-order valence-electron chi connectivity index (χ1n) is 7.92. The molecule has 1 heterocycles. The number of nitrogens with one attached hydrogen (secondary N) is 1. The molecule has 21 heavy (non-hydrogen) atoms. The van der Waals surface area contributed by atoms with Crippen LogP contribution in [0, 0.1) is 19.8 Å². The van der Waals surface area contributed by atoms with E-state index in [2.05, 4.69) is 35.6 Å². The zero-order valence-electron chi connectivity index (χ0n) is 13.6. The second kappa shape index (κ2) is 6.18. The number of primary amides is 1. The number of aromatic nitrogens is 2. The molecular formula is C16H28N4O. The Bertz CT molecular complexity index is 508. The fourth-order valence-corrected chi connectivity index (χ4v) is 3.63. The number of carbonyl (C=O) groups is 1. The lowest BCUT2D eigenvalue weighted by Crippen LogP contribution is -2.60. The summed E-state index contributed by atoms with van der Waals surface area (Å²) in [5.41, 5.74) is 7.50. The number of nitrogens with zero attached hydrogens (tertiary/aromatic N) is 2. The number of carbonyl (C=O) groups excluding carboxylic acids is 1. The second-order valence-electron chi connectivity index (χ2n) is 6.62. The number of aryl methyl sites for hydroxylation is 2. The van der Waals surface area contributed by atoms with Crippen LogP contribution in [-0.4, -0.2) is 27.0 Å². The molecule has 5 heteroatoms. The average molecular weight is 292 g/mol. The third-order valence-corrected chi connectivity index (χ3v) is 4.87. The maximum Gasteiger partial charge on any atom is 0.238 e. The molecule has 1 aromatic rings. The molecule has 0 bridgehead atoms. The van der Waals surface area contributed by atoms with Gasteiger partial charge in [0.1, 0.15) is 5.54 Å². The van der Waals surface area contributed by atoms with Crippen LogP contribution in [0.4, 0.5) is 0 Å². The Kier molecular flexibility index (Phi) is 4.71. The average Bonchev–Trinajstić information content (AvgIpc) is 2.94. The minimum atomic E-state index is -0.530. The van der Waals surface area contributed by atoms with Gasteiger partial charge in [-0.15, -0.1) is 0 Å². The molecule has 1 aliphatic rings. The van der Waals surface area contributed by atoms with Crippen LogP contribution in [0.25, 0.3) is 0 Å². The molecule has 1 saturated carbocycles. The van der Waals surface area contributed by atoms with Crippen molar-refractivity contribution in [2.75, 3.05) is 0 Å². The van der Waals surface area contributed by atoms with Crippen molar-refractivity contribution < 1.29 is 4.79 Å². The fraction of sp³-hybridized carbons (Fsp3) is 0.750. The summed E-state index contributed by atoms with van der Waals surface area (Å²) in [5, 5.41) is 3.46. The van der Waals surface area contributed by atoms with Crippen molar-refractivity contribution in [2.45, 2.75) is 71.5 Å². The summed E-state index contributed by atoms with van der Waals surface area (Å²) in [4.78, 5) is 16.4. The van der Waals surface area contributed by atoms with Crippen LogP contribution in [0.1, 0.15) is 50.9 Å². The molecule has 118 valence electrons. The van der Waals surface area contributed by atoms with Crippen LogP contribution in [0.3, 0.4) is 0 Å². The van der Waals surface area contributed by atoms with E-state index in [0.717, 1.165) is 37.9 Å². The smallest absolute Gasteiger partial charge is 0.238 e. The highest BCUT2D eigenvalue weighted by atomic mass is 16.1. The molecular weight excluding hydrogens is 264 g/mol. The van der Waals surface area contributed by atoms with E-state index in [4.69, 9.17) is 5.73 Å².